The molecule has 1 fully saturated rings. The molecule has 18 heavy (non-hydrogen) atoms. The van der Waals surface area contributed by atoms with Gasteiger partial charge < -0.3 is 9.73 Å². The number of hydrogen-bond acceptors (Lipinski definition) is 2. The lowest BCUT2D eigenvalue weighted by molar-refractivity contribution is 0.353. The monoisotopic (exact) mass is 305 g/mol. The zero-order valence-corrected chi connectivity index (χ0v) is 11.7. The van der Waals surface area contributed by atoms with E-state index in [1.165, 1.54) is 19.3 Å². The second-order valence-electron chi connectivity index (χ2n) is 4.68. The van der Waals surface area contributed by atoms with Crippen molar-refractivity contribution < 1.29 is 4.42 Å². The standard InChI is InChI=1S/C15H16BrNO/c16-12-6-2-1-5-11(12)14-8-9-15(18-14)13-7-3-4-10-17-13/h1-2,5-6,8-9,13,17H,3-4,7,10H2/t13-/m0/s1. The van der Waals surface area contributed by atoms with Gasteiger partial charge in [0.15, 0.2) is 0 Å². The Hall–Kier alpha value is -1.06. The third-order valence-corrected chi connectivity index (χ3v) is 4.11. The highest BCUT2D eigenvalue weighted by Crippen LogP contribution is 2.32. The predicted molar refractivity (Wildman–Crippen MR) is 76.4 cm³/mol. The van der Waals surface area contributed by atoms with Crippen LogP contribution in [0, 0.1) is 0 Å². The van der Waals surface area contributed by atoms with Gasteiger partial charge in [0.25, 0.3) is 0 Å². The molecule has 0 amide bonds. The molecule has 1 saturated heterocycles. The molecule has 1 aromatic carbocycles. The van der Waals surface area contributed by atoms with Crippen LogP contribution >= 0.6 is 15.9 Å². The number of halogens is 1. The molecular weight excluding hydrogens is 290 g/mol. The van der Waals surface area contributed by atoms with Gasteiger partial charge in [-0.15, -0.1) is 0 Å². The van der Waals surface area contributed by atoms with E-state index in [2.05, 4.69) is 39.4 Å². The van der Waals surface area contributed by atoms with Gasteiger partial charge in [0.05, 0.1) is 6.04 Å². The van der Waals surface area contributed by atoms with Crippen molar-refractivity contribution in [2.24, 2.45) is 0 Å². The summed E-state index contributed by atoms with van der Waals surface area (Å²) >= 11 is 3.56. The van der Waals surface area contributed by atoms with E-state index in [1.54, 1.807) is 0 Å². The number of nitrogens with one attached hydrogen (secondary N) is 1. The molecule has 0 unspecified atom stereocenters. The third kappa shape index (κ3) is 2.38. The van der Waals surface area contributed by atoms with E-state index in [0.717, 1.165) is 28.1 Å². The molecule has 0 spiro atoms. The minimum Gasteiger partial charge on any atom is -0.459 e. The summed E-state index contributed by atoms with van der Waals surface area (Å²) in [6.45, 7) is 1.09. The first-order valence-corrected chi connectivity index (χ1v) is 7.22. The predicted octanol–water partition coefficient (Wildman–Crippen LogP) is 4.52. The van der Waals surface area contributed by atoms with E-state index in [0.29, 0.717) is 6.04 Å². The molecule has 0 saturated carbocycles. The normalized spacial score (nSPS) is 19.9. The van der Waals surface area contributed by atoms with Crippen molar-refractivity contribution in [3.05, 3.63) is 46.6 Å². The van der Waals surface area contributed by atoms with Crippen LogP contribution in [0.2, 0.25) is 0 Å². The molecule has 2 heterocycles. The maximum absolute atomic E-state index is 6.00. The van der Waals surface area contributed by atoms with Crippen LogP contribution in [0.3, 0.4) is 0 Å². The second-order valence-corrected chi connectivity index (χ2v) is 5.54. The number of furan rings is 1. The summed E-state index contributed by atoms with van der Waals surface area (Å²) in [5, 5.41) is 3.51. The van der Waals surface area contributed by atoms with Crippen molar-refractivity contribution >= 4 is 15.9 Å². The minimum atomic E-state index is 0.384. The summed E-state index contributed by atoms with van der Waals surface area (Å²) in [7, 11) is 0. The summed E-state index contributed by atoms with van der Waals surface area (Å²) in [4.78, 5) is 0. The lowest BCUT2D eigenvalue weighted by atomic mass is 10.0. The van der Waals surface area contributed by atoms with E-state index in [1.807, 2.05) is 18.2 Å². The number of benzene rings is 1. The van der Waals surface area contributed by atoms with Gasteiger partial charge in [0.1, 0.15) is 11.5 Å². The Labute approximate surface area is 116 Å². The Bertz CT molecular complexity index is 529. The summed E-state index contributed by atoms with van der Waals surface area (Å²) in [5.41, 5.74) is 1.11. The molecule has 94 valence electrons. The van der Waals surface area contributed by atoms with Gasteiger partial charge in [-0.3, -0.25) is 0 Å². The molecule has 3 heteroatoms. The van der Waals surface area contributed by atoms with Crippen molar-refractivity contribution in [2.75, 3.05) is 6.54 Å². The highest BCUT2D eigenvalue weighted by molar-refractivity contribution is 9.10. The van der Waals surface area contributed by atoms with Gasteiger partial charge in [-0.2, -0.15) is 0 Å². The molecule has 0 bridgehead atoms. The zero-order chi connectivity index (χ0) is 12.4. The lowest BCUT2D eigenvalue weighted by Gasteiger charge is -2.21. The first kappa shape index (κ1) is 12.0. The van der Waals surface area contributed by atoms with Gasteiger partial charge in [0.2, 0.25) is 0 Å². The van der Waals surface area contributed by atoms with E-state index in [4.69, 9.17) is 4.42 Å². The molecule has 0 radical (unpaired) electrons. The van der Waals surface area contributed by atoms with Crippen LogP contribution in [0.1, 0.15) is 31.1 Å². The fourth-order valence-corrected chi connectivity index (χ4v) is 2.92. The van der Waals surface area contributed by atoms with Gasteiger partial charge in [-0.05, 0) is 37.6 Å². The second kappa shape index (κ2) is 5.29. The maximum atomic E-state index is 6.00. The molecule has 2 nitrogen and oxygen atoms in total. The van der Waals surface area contributed by atoms with Crippen LogP contribution in [0.5, 0.6) is 0 Å². The quantitative estimate of drug-likeness (QED) is 0.882. The van der Waals surface area contributed by atoms with Gasteiger partial charge in [-0.1, -0.05) is 40.5 Å². The molecule has 1 aromatic heterocycles. The zero-order valence-electron chi connectivity index (χ0n) is 10.2. The van der Waals surface area contributed by atoms with Crippen LogP contribution in [0.15, 0.2) is 45.3 Å². The fraction of sp³-hybridized carbons (Fsp3) is 0.333. The molecule has 0 aliphatic carbocycles. The maximum Gasteiger partial charge on any atom is 0.135 e. The van der Waals surface area contributed by atoms with Crippen molar-refractivity contribution in [1.82, 2.24) is 5.32 Å². The number of piperidine rings is 1. The SMILES string of the molecule is Brc1ccccc1-c1ccc([C@@H]2CCCCN2)o1. The Morgan fingerprint density at radius 2 is 2.00 bits per heavy atom. The first-order chi connectivity index (χ1) is 8.84. The average molecular weight is 306 g/mol. The number of hydrogen-bond donors (Lipinski definition) is 1. The van der Waals surface area contributed by atoms with Crippen LogP contribution in [-0.2, 0) is 0 Å². The molecule has 1 atom stereocenters. The van der Waals surface area contributed by atoms with Crippen molar-refractivity contribution in [1.29, 1.82) is 0 Å². The minimum absolute atomic E-state index is 0.384. The Kier molecular flexibility index (Phi) is 3.52. The molecule has 3 rings (SSSR count). The van der Waals surface area contributed by atoms with Crippen LogP contribution in [0.25, 0.3) is 11.3 Å². The van der Waals surface area contributed by atoms with E-state index >= 15 is 0 Å². The van der Waals surface area contributed by atoms with E-state index in [-0.39, 0.29) is 0 Å². The van der Waals surface area contributed by atoms with Crippen molar-refractivity contribution in [2.45, 2.75) is 25.3 Å². The summed E-state index contributed by atoms with van der Waals surface area (Å²) < 4.78 is 7.07. The summed E-state index contributed by atoms with van der Waals surface area (Å²) in [6.07, 6.45) is 3.72. The van der Waals surface area contributed by atoms with Crippen LogP contribution < -0.4 is 5.32 Å². The highest BCUT2D eigenvalue weighted by Gasteiger charge is 2.18. The Morgan fingerprint density at radius 3 is 2.78 bits per heavy atom. The summed E-state index contributed by atoms with van der Waals surface area (Å²) in [5.74, 6) is 1.99. The van der Waals surface area contributed by atoms with Gasteiger partial charge in [0, 0.05) is 10.0 Å². The lowest BCUT2D eigenvalue weighted by Crippen LogP contribution is -2.26. The van der Waals surface area contributed by atoms with Crippen molar-refractivity contribution in [3.63, 3.8) is 0 Å². The topological polar surface area (TPSA) is 25.2 Å². The molecule has 2 aromatic rings. The van der Waals surface area contributed by atoms with Gasteiger partial charge >= 0.3 is 0 Å². The first-order valence-electron chi connectivity index (χ1n) is 6.42. The number of rotatable bonds is 2. The molecule has 1 aliphatic heterocycles. The third-order valence-electron chi connectivity index (χ3n) is 3.42. The average Bonchev–Trinajstić information content (AvgIpc) is 2.90. The molecular formula is C15H16BrNO. The molecule has 1 aliphatic rings. The van der Waals surface area contributed by atoms with E-state index < -0.39 is 0 Å². The van der Waals surface area contributed by atoms with Gasteiger partial charge in [-0.25, -0.2) is 0 Å². The van der Waals surface area contributed by atoms with E-state index in [9.17, 15) is 0 Å². The fourth-order valence-electron chi connectivity index (χ4n) is 2.44. The van der Waals surface area contributed by atoms with Crippen molar-refractivity contribution in [3.8, 4) is 11.3 Å². The summed E-state index contributed by atoms with van der Waals surface area (Å²) in [6, 6.07) is 12.7. The largest absolute Gasteiger partial charge is 0.459 e. The molecule has 1 N–H and O–H groups in total. The Balaban J connectivity index is 1.87. The van der Waals surface area contributed by atoms with Crippen LogP contribution in [0.4, 0.5) is 0 Å². The highest BCUT2D eigenvalue weighted by atomic mass is 79.9. The Morgan fingerprint density at radius 1 is 1.11 bits per heavy atom. The van der Waals surface area contributed by atoms with Crippen LogP contribution in [-0.4, -0.2) is 6.54 Å². The smallest absolute Gasteiger partial charge is 0.135 e.